The summed E-state index contributed by atoms with van der Waals surface area (Å²) in [6.07, 6.45) is 1.40. The summed E-state index contributed by atoms with van der Waals surface area (Å²) in [5.41, 5.74) is 0.937. The van der Waals surface area contributed by atoms with E-state index in [2.05, 4.69) is 5.32 Å². The minimum absolute atomic E-state index is 0.313. The molecule has 0 aromatic heterocycles. The SMILES string of the molecule is O=C1NC(=O)C(=C2CCC(F)CC2)S1. The van der Waals surface area contributed by atoms with Gasteiger partial charge < -0.3 is 0 Å². The van der Waals surface area contributed by atoms with Crippen molar-refractivity contribution in [2.45, 2.75) is 31.9 Å². The van der Waals surface area contributed by atoms with Gasteiger partial charge in [-0.1, -0.05) is 5.57 Å². The molecule has 0 atom stereocenters. The van der Waals surface area contributed by atoms with Gasteiger partial charge in [-0.25, -0.2) is 4.39 Å². The molecule has 5 heteroatoms. The average molecular weight is 215 g/mol. The average Bonchev–Trinajstić information content (AvgIpc) is 2.47. The van der Waals surface area contributed by atoms with Gasteiger partial charge in [0.2, 0.25) is 0 Å². The van der Waals surface area contributed by atoms with Crippen molar-refractivity contribution < 1.29 is 14.0 Å². The highest BCUT2D eigenvalue weighted by molar-refractivity contribution is 8.18. The van der Waals surface area contributed by atoms with E-state index in [0.29, 0.717) is 30.6 Å². The zero-order valence-electron chi connectivity index (χ0n) is 7.51. The van der Waals surface area contributed by atoms with Gasteiger partial charge >= 0.3 is 0 Å². The molecule has 2 rings (SSSR count). The first-order valence-electron chi connectivity index (χ1n) is 4.56. The third-order valence-corrected chi connectivity index (χ3v) is 3.42. The summed E-state index contributed by atoms with van der Waals surface area (Å²) in [7, 11) is 0. The fraction of sp³-hybridized carbons (Fsp3) is 0.556. The number of alkyl halides is 1. The lowest BCUT2D eigenvalue weighted by Gasteiger charge is -2.18. The molecule has 0 bridgehead atoms. The van der Waals surface area contributed by atoms with Crippen LogP contribution in [0.25, 0.3) is 0 Å². The van der Waals surface area contributed by atoms with E-state index >= 15 is 0 Å². The summed E-state index contributed by atoms with van der Waals surface area (Å²) in [4.78, 5) is 22.7. The molecule has 1 saturated carbocycles. The number of hydrogen-bond acceptors (Lipinski definition) is 3. The van der Waals surface area contributed by atoms with Crippen molar-refractivity contribution in [2.75, 3.05) is 0 Å². The van der Waals surface area contributed by atoms with Crippen molar-refractivity contribution in [3.63, 3.8) is 0 Å². The van der Waals surface area contributed by atoms with Crippen LogP contribution in [0.1, 0.15) is 25.7 Å². The molecule has 3 nitrogen and oxygen atoms in total. The molecule has 0 aromatic rings. The van der Waals surface area contributed by atoms with E-state index in [4.69, 9.17) is 0 Å². The van der Waals surface area contributed by atoms with Gasteiger partial charge in [-0.3, -0.25) is 14.9 Å². The van der Waals surface area contributed by atoms with Gasteiger partial charge in [0, 0.05) is 0 Å². The Balaban J connectivity index is 2.15. The largest absolute Gasteiger partial charge is 0.290 e. The molecule has 1 saturated heterocycles. The Hall–Kier alpha value is -0.840. The van der Waals surface area contributed by atoms with E-state index in [-0.39, 0.29) is 11.1 Å². The van der Waals surface area contributed by atoms with Crippen LogP contribution in [0.5, 0.6) is 0 Å². The molecule has 76 valence electrons. The number of amides is 2. The van der Waals surface area contributed by atoms with Crippen molar-refractivity contribution in [1.29, 1.82) is 0 Å². The molecule has 1 heterocycles. The van der Waals surface area contributed by atoms with Crippen LogP contribution in [-0.2, 0) is 4.79 Å². The number of carbonyl (C=O) groups is 2. The first-order valence-corrected chi connectivity index (χ1v) is 5.37. The summed E-state index contributed by atoms with van der Waals surface area (Å²) < 4.78 is 12.8. The Morgan fingerprint density at radius 3 is 2.43 bits per heavy atom. The lowest BCUT2D eigenvalue weighted by Crippen LogP contribution is -2.19. The minimum atomic E-state index is -0.746. The topological polar surface area (TPSA) is 46.2 Å². The molecule has 0 radical (unpaired) electrons. The summed E-state index contributed by atoms with van der Waals surface area (Å²) >= 11 is 0.939. The number of halogens is 1. The van der Waals surface area contributed by atoms with Crippen LogP contribution in [0.2, 0.25) is 0 Å². The standard InChI is InChI=1S/C9H10FNO2S/c10-6-3-1-5(2-4-6)7-8(12)11-9(13)14-7/h6H,1-4H2,(H,11,12,13). The van der Waals surface area contributed by atoms with E-state index in [0.717, 1.165) is 17.3 Å². The maximum absolute atomic E-state index is 12.8. The highest BCUT2D eigenvalue weighted by atomic mass is 32.2. The zero-order chi connectivity index (χ0) is 10.1. The smallest absolute Gasteiger partial charge is 0.282 e. The van der Waals surface area contributed by atoms with Gasteiger partial charge in [0.25, 0.3) is 11.1 Å². The maximum atomic E-state index is 12.8. The van der Waals surface area contributed by atoms with Gasteiger partial charge in [-0.15, -0.1) is 0 Å². The normalized spacial score (nSPS) is 28.2. The Morgan fingerprint density at radius 2 is 1.93 bits per heavy atom. The second-order valence-corrected chi connectivity index (χ2v) is 4.43. The molecule has 1 N–H and O–H groups in total. The Morgan fingerprint density at radius 1 is 1.29 bits per heavy atom. The lowest BCUT2D eigenvalue weighted by molar-refractivity contribution is -0.115. The molecule has 1 aliphatic heterocycles. The van der Waals surface area contributed by atoms with Gasteiger partial charge in [0.1, 0.15) is 6.17 Å². The van der Waals surface area contributed by atoms with Gasteiger partial charge in [-0.05, 0) is 37.4 Å². The summed E-state index contributed by atoms with van der Waals surface area (Å²) in [6, 6.07) is 0. The number of thioether (sulfide) groups is 1. The van der Waals surface area contributed by atoms with E-state index in [1.54, 1.807) is 0 Å². The van der Waals surface area contributed by atoms with Gasteiger partial charge in [-0.2, -0.15) is 0 Å². The highest BCUT2D eigenvalue weighted by Crippen LogP contribution is 2.35. The van der Waals surface area contributed by atoms with Gasteiger partial charge in [0.05, 0.1) is 4.91 Å². The van der Waals surface area contributed by atoms with Crippen LogP contribution < -0.4 is 5.32 Å². The first-order chi connectivity index (χ1) is 6.66. The van der Waals surface area contributed by atoms with Gasteiger partial charge in [0.15, 0.2) is 0 Å². The second-order valence-electron chi connectivity index (χ2n) is 3.45. The van der Waals surface area contributed by atoms with E-state index in [1.165, 1.54) is 0 Å². The number of imide groups is 1. The van der Waals surface area contributed by atoms with Crippen molar-refractivity contribution in [3.8, 4) is 0 Å². The molecule has 2 fully saturated rings. The zero-order valence-corrected chi connectivity index (χ0v) is 8.32. The Kier molecular flexibility index (Phi) is 2.58. The summed E-state index contributed by atoms with van der Waals surface area (Å²) in [5.74, 6) is -0.313. The molecule has 1 aliphatic carbocycles. The summed E-state index contributed by atoms with van der Waals surface area (Å²) in [6.45, 7) is 0. The monoisotopic (exact) mass is 215 g/mol. The quantitative estimate of drug-likeness (QED) is 0.630. The van der Waals surface area contributed by atoms with Crippen molar-refractivity contribution >= 4 is 22.9 Å². The van der Waals surface area contributed by atoms with E-state index < -0.39 is 6.17 Å². The number of nitrogens with one attached hydrogen (secondary N) is 1. The Labute approximate surface area is 85.1 Å². The molecule has 14 heavy (non-hydrogen) atoms. The highest BCUT2D eigenvalue weighted by Gasteiger charge is 2.30. The molecule has 2 amide bonds. The molecular weight excluding hydrogens is 205 g/mol. The van der Waals surface area contributed by atoms with Crippen molar-refractivity contribution in [3.05, 3.63) is 10.5 Å². The van der Waals surface area contributed by atoms with Crippen LogP contribution in [-0.4, -0.2) is 17.3 Å². The number of rotatable bonds is 0. The third kappa shape index (κ3) is 1.82. The van der Waals surface area contributed by atoms with Crippen molar-refractivity contribution in [1.82, 2.24) is 5.32 Å². The predicted octanol–water partition coefficient (Wildman–Crippen LogP) is 2.14. The number of allylic oxidation sites excluding steroid dienone is 1. The fourth-order valence-electron chi connectivity index (χ4n) is 1.70. The third-order valence-electron chi connectivity index (χ3n) is 2.46. The van der Waals surface area contributed by atoms with Crippen molar-refractivity contribution in [2.24, 2.45) is 0 Å². The maximum Gasteiger partial charge on any atom is 0.290 e. The first kappa shape index (κ1) is 9.71. The molecule has 0 spiro atoms. The molecule has 0 unspecified atom stereocenters. The Bertz CT molecular complexity index is 317. The number of hydrogen-bond donors (Lipinski definition) is 1. The van der Waals surface area contributed by atoms with Crippen LogP contribution in [0.15, 0.2) is 10.5 Å². The van der Waals surface area contributed by atoms with Crippen LogP contribution >= 0.6 is 11.8 Å². The van der Waals surface area contributed by atoms with E-state index in [9.17, 15) is 14.0 Å². The predicted molar refractivity (Wildman–Crippen MR) is 51.5 cm³/mol. The van der Waals surface area contributed by atoms with Crippen LogP contribution in [0.4, 0.5) is 9.18 Å². The van der Waals surface area contributed by atoms with E-state index in [1.807, 2.05) is 0 Å². The minimum Gasteiger partial charge on any atom is -0.282 e. The second kappa shape index (κ2) is 3.73. The van der Waals surface area contributed by atoms with Crippen LogP contribution in [0.3, 0.4) is 0 Å². The van der Waals surface area contributed by atoms with Crippen LogP contribution in [0, 0.1) is 0 Å². The fourth-order valence-corrected chi connectivity index (χ4v) is 2.53. The molecule has 0 aromatic carbocycles. The lowest BCUT2D eigenvalue weighted by atomic mass is 9.93. The molecular formula is C9H10FNO2S. The number of carbonyl (C=O) groups excluding carboxylic acids is 2. The summed E-state index contributed by atoms with van der Waals surface area (Å²) in [5, 5.41) is 1.89. The molecule has 2 aliphatic rings.